The van der Waals surface area contributed by atoms with Crippen LogP contribution in [0.1, 0.15) is 16.8 Å². The fraction of sp³-hybridized carbons (Fsp3) is 0.400. The highest BCUT2D eigenvalue weighted by atomic mass is 19.2. The van der Waals surface area contributed by atoms with Crippen LogP contribution in [0.15, 0.2) is 18.2 Å². The molecule has 1 aliphatic rings. The van der Waals surface area contributed by atoms with E-state index in [1.807, 2.05) is 0 Å². The van der Waals surface area contributed by atoms with Crippen LogP contribution >= 0.6 is 0 Å². The molecule has 23 heavy (non-hydrogen) atoms. The molecule has 0 radical (unpaired) electrons. The summed E-state index contributed by atoms with van der Waals surface area (Å²) in [4.78, 5) is 38.5. The Labute approximate surface area is 132 Å². The van der Waals surface area contributed by atoms with Crippen molar-refractivity contribution in [3.05, 3.63) is 35.4 Å². The van der Waals surface area contributed by atoms with Gasteiger partial charge in [-0.3, -0.25) is 14.4 Å². The van der Waals surface area contributed by atoms with Crippen LogP contribution < -0.4 is 5.32 Å². The van der Waals surface area contributed by atoms with Gasteiger partial charge in [0.05, 0.1) is 6.54 Å². The summed E-state index contributed by atoms with van der Waals surface area (Å²) in [6.45, 7) is 0.850. The summed E-state index contributed by atoms with van der Waals surface area (Å²) >= 11 is 0. The molecule has 1 aliphatic heterocycles. The van der Waals surface area contributed by atoms with Gasteiger partial charge in [0.15, 0.2) is 11.6 Å². The zero-order valence-electron chi connectivity index (χ0n) is 12.6. The van der Waals surface area contributed by atoms with Crippen molar-refractivity contribution >= 4 is 17.7 Å². The lowest BCUT2D eigenvalue weighted by atomic mass is 10.2. The van der Waals surface area contributed by atoms with Crippen LogP contribution in [0.2, 0.25) is 0 Å². The van der Waals surface area contributed by atoms with Gasteiger partial charge in [0.1, 0.15) is 0 Å². The van der Waals surface area contributed by atoms with Crippen LogP contribution in [0.4, 0.5) is 8.78 Å². The van der Waals surface area contributed by atoms with E-state index in [1.54, 1.807) is 11.9 Å². The number of benzene rings is 1. The highest BCUT2D eigenvalue weighted by Gasteiger charge is 2.22. The smallest absolute Gasteiger partial charge is 0.251 e. The third kappa shape index (κ3) is 4.24. The Kier molecular flexibility index (Phi) is 5.25. The molecular weight excluding hydrogens is 308 g/mol. The van der Waals surface area contributed by atoms with E-state index < -0.39 is 17.5 Å². The standard InChI is InChI=1S/C15H17F2N3O3/c1-19-6-7-20(5-4-13(19)21)14(22)9-18-15(23)10-2-3-11(16)12(17)8-10/h2-3,8H,4-7,9H2,1H3,(H,18,23). The molecule has 0 bridgehead atoms. The maximum Gasteiger partial charge on any atom is 0.251 e. The van der Waals surface area contributed by atoms with E-state index in [9.17, 15) is 23.2 Å². The molecule has 0 aliphatic carbocycles. The molecule has 0 aromatic heterocycles. The molecule has 8 heteroatoms. The number of hydrogen-bond donors (Lipinski definition) is 1. The highest BCUT2D eigenvalue weighted by molar-refractivity contribution is 5.96. The fourth-order valence-electron chi connectivity index (χ4n) is 2.19. The molecule has 0 atom stereocenters. The van der Waals surface area contributed by atoms with Gasteiger partial charge in [0.2, 0.25) is 11.8 Å². The molecule has 0 spiro atoms. The fourth-order valence-corrected chi connectivity index (χ4v) is 2.19. The van der Waals surface area contributed by atoms with E-state index in [0.29, 0.717) is 19.6 Å². The van der Waals surface area contributed by atoms with Crippen molar-refractivity contribution in [2.45, 2.75) is 6.42 Å². The molecule has 1 aromatic carbocycles. The molecule has 0 saturated carbocycles. The molecule has 1 aromatic rings. The van der Waals surface area contributed by atoms with Gasteiger partial charge in [-0.15, -0.1) is 0 Å². The normalized spacial score (nSPS) is 15.3. The number of amides is 3. The van der Waals surface area contributed by atoms with Gasteiger partial charge in [0.25, 0.3) is 5.91 Å². The zero-order chi connectivity index (χ0) is 17.0. The maximum atomic E-state index is 13.1. The first-order valence-electron chi connectivity index (χ1n) is 7.13. The number of nitrogens with one attached hydrogen (secondary N) is 1. The summed E-state index contributed by atoms with van der Waals surface area (Å²) in [5.74, 6) is -3.20. The number of rotatable bonds is 3. The van der Waals surface area contributed by atoms with Crippen molar-refractivity contribution in [2.75, 3.05) is 33.2 Å². The van der Waals surface area contributed by atoms with Gasteiger partial charge in [-0.25, -0.2) is 8.78 Å². The summed E-state index contributed by atoms with van der Waals surface area (Å²) in [5.41, 5.74) is -0.0672. The zero-order valence-corrected chi connectivity index (χ0v) is 12.6. The third-order valence-corrected chi connectivity index (χ3v) is 3.66. The van der Waals surface area contributed by atoms with Crippen LogP contribution in [-0.2, 0) is 9.59 Å². The monoisotopic (exact) mass is 325 g/mol. The number of carbonyl (C=O) groups is 3. The lowest BCUT2D eigenvalue weighted by Crippen LogP contribution is -2.41. The second-order valence-electron chi connectivity index (χ2n) is 5.26. The van der Waals surface area contributed by atoms with Crippen molar-refractivity contribution in [3.63, 3.8) is 0 Å². The first-order chi connectivity index (χ1) is 10.9. The molecule has 124 valence electrons. The molecular formula is C15H17F2N3O3. The van der Waals surface area contributed by atoms with Gasteiger partial charge in [-0.1, -0.05) is 0 Å². The average Bonchev–Trinajstić information content (AvgIpc) is 2.70. The van der Waals surface area contributed by atoms with E-state index in [4.69, 9.17) is 0 Å². The van der Waals surface area contributed by atoms with Crippen molar-refractivity contribution in [1.82, 2.24) is 15.1 Å². The molecule has 1 heterocycles. The topological polar surface area (TPSA) is 69.7 Å². The first-order valence-corrected chi connectivity index (χ1v) is 7.13. The Hall–Kier alpha value is -2.51. The largest absolute Gasteiger partial charge is 0.344 e. The summed E-state index contributed by atoms with van der Waals surface area (Å²) in [6, 6.07) is 2.76. The molecule has 1 N–H and O–H groups in total. The minimum Gasteiger partial charge on any atom is -0.344 e. The van der Waals surface area contributed by atoms with Gasteiger partial charge in [0, 0.05) is 38.7 Å². The van der Waals surface area contributed by atoms with E-state index >= 15 is 0 Å². The highest BCUT2D eigenvalue weighted by Crippen LogP contribution is 2.08. The molecule has 1 saturated heterocycles. The van der Waals surface area contributed by atoms with Crippen LogP contribution in [0.3, 0.4) is 0 Å². The first kappa shape index (κ1) is 16.9. The lowest BCUT2D eigenvalue weighted by molar-refractivity contribution is -0.130. The number of carbonyl (C=O) groups excluding carboxylic acids is 3. The van der Waals surface area contributed by atoms with Crippen LogP contribution in [0.5, 0.6) is 0 Å². The van der Waals surface area contributed by atoms with Crippen molar-refractivity contribution in [1.29, 1.82) is 0 Å². The minimum atomic E-state index is -1.13. The van der Waals surface area contributed by atoms with Crippen LogP contribution in [0, 0.1) is 11.6 Å². The predicted octanol–water partition coefficient (Wildman–Crippen LogP) is 0.385. The second kappa shape index (κ2) is 7.17. The quantitative estimate of drug-likeness (QED) is 0.874. The summed E-state index contributed by atoms with van der Waals surface area (Å²) < 4.78 is 25.9. The van der Waals surface area contributed by atoms with Crippen LogP contribution in [-0.4, -0.2) is 60.7 Å². The maximum absolute atomic E-state index is 13.1. The van der Waals surface area contributed by atoms with Crippen LogP contribution in [0.25, 0.3) is 0 Å². The predicted molar refractivity (Wildman–Crippen MR) is 77.5 cm³/mol. The van der Waals surface area contributed by atoms with E-state index in [1.165, 1.54) is 4.90 Å². The SMILES string of the molecule is CN1CCN(C(=O)CNC(=O)c2ccc(F)c(F)c2)CCC1=O. The summed E-state index contributed by atoms with van der Waals surface area (Å²) in [5, 5.41) is 2.37. The molecule has 2 rings (SSSR count). The van der Waals surface area contributed by atoms with Crippen molar-refractivity contribution in [3.8, 4) is 0 Å². The molecule has 0 unspecified atom stereocenters. The summed E-state index contributed by atoms with van der Waals surface area (Å²) in [7, 11) is 1.67. The molecule has 3 amide bonds. The number of halogens is 2. The van der Waals surface area contributed by atoms with Gasteiger partial charge >= 0.3 is 0 Å². The second-order valence-corrected chi connectivity index (χ2v) is 5.26. The van der Waals surface area contributed by atoms with Gasteiger partial charge in [-0.05, 0) is 18.2 Å². The lowest BCUT2D eigenvalue weighted by Gasteiger charge is -2.20. The number of likely N-dealkylation sites (N-methyl/N-ethyl adjacent to an activating group) is 1. The minimum absolute atomic E-state index is 0.0360. The number of nitrogens with zero attached hydrogens (tertiary/aromatic N) is 2. The van der Waals surface area contributed by atoms with Gasteiger partial charge < -0.3 is 15.1 Å². The molecule has 6 nitrogen and oxygen atoms in total. The Morgan fingerprint density at radius 3 is 2.61 bits per heavy atom. The molecule has 1 fully saturated rings. The Morgan fingerprint density at radius 1 is 1.17 bits per heavy atom. The Balaban J connectivity index is 1.89. The third-order valence-electron chi connectivity index (χ3n) is 3.66. The van der Waals surface area contributed by atoms with E-state index in [2.05, 4.69) is 5.32 Å². The summed E-state index contributed by atoms with van der Waals surface area (Å²) in [6.07, 6.45) is 0.235. The average molecular weight is 325 g/mol. The van der Waals surface area contributed by atoms with E-state index in [-0.39, 0.29) is 30.3 Å². The number of hydrogen-bond acceptors (Lipinski definition) is 3. The van der Waals surface area contributed by atoms with Crippen molar-refractivity contribution in [2.24, 2.45) is 0 Å². The van der Waals surface area contributed by atoms with Gasteiger partial charge in [-0.2, -0.15) is 0 Å². The van der Waals surface area contributed by atoms with E-state index in [0.717, 1.165) is 18.2 Å². The Bertz CT molecular complexity index is 636. The van der Waals surface area contributed by atoms with Crippen molar-refractivity contribution < 1.29 is 23.2 Å². The Morgan fingerprint density at radius 2 is 1.91 bits per heavy atom.